The molecule has 2 saturated heterocycles. The van der Waals surface area contributed by atoms with E-state index in [2.05, 4.69) is 10.6 Å². The molecule has 3 rings (SSSR count). The molecule has 1 aromatic rings. The number of methoxy groups -OCH3 is 1. The number of hydrogen-bond donors (Lipinski definition) is 2. The molecule has 2 aliphatic rings. The summed E-state index contributed by atoms with van der Waals surface area (Å²) in [5.74, 6) is 0.643. The summed E-state index contributed by atoms with van der Waals surface area (Å²) >= 11 is 0. The van der Waals surface area contributed by atoms with Gasteiger partial charge in [-0.05, 0) is 50.3 Å². The largest absolute Gasteiger partial charge is 0.495 e. The molecule has 0 radical (unpaired) electrons. The van der Waals surface area contributed by atoms with Crippen LogP contribution in [0.4, 0.5) is 10.5 Å². The maximum atomic E-state index is 12.2. The molecule has 0 spiro atoms. The topological polar surface area (TPSA) is 59.6 Å². The van der Waals surface area contributed by atoms with Gasteiger partial charge in [0.05, 0.1) is 12.8 Å². The molecule has 0 saturated carbocycles. The van der Waals surface area contributed by atoms with Gasteiger partial charge in [-0.25, -0.2) is 4.79 Å². The van der Waals surface area contributed by atoms with Gasteiger partial charge >= 0.3 is 6.09 Å². The van der Waals surface area contributed by atoms with Gasteiger partial charge in [0.15, 0.2) is 0 Å². The van der Waals surface area contributed by atoms with Gasteiger partial charge < -0.3 is 14.8 Å². The molecule has 2 N–H and O–H groups in total. The van der Waals surface area contributed by atoms with Gasteiger partial charge in [-0.15, -0.1) is 0 Å². The van der Waals surface area contributed by atoms with E-state index in [1.807, 2.05) is 25.1 Å². The zero-order valence-corrected chi connectivity index (χ0v) is 13.2. The zero-order chi connectivity index (χ0) is 15.5. The number of nitrogens with one attached hydrogen (secondary N) is 2. The average molecular weight is 304 g/mol. The lowest BCUT2D eigenvalue weighted by Gasteiger charge is -2.39. The van der Waals surface area contributed by atoms with Gasteiger partial charge in [0.1, 0.15) is 11.9 Å². The lowest BCUT2D eigenvalue weighted by molar-refractivity contribution is 0.0519. The molecule has 1 amide bonds. The summed E-state index contributed by atoms with van der Waals surface area (Å²) in [4.78, 5) is 12.2. The third-order valence-electron chi connectivity index (χ3n) is 4.54. The second-order valence-corrected chi connectivity index (χ2v) is 6.32. The average Bonchev–Trinajstić information content (AvgIpc) is 2.47. The van der Waals surface area contributed by atoms with Crippen molar-refractivity contribution < 1.29 is 14.3 Å². The first-order chi connectivity index (χ1) is 10.6. The predicted octanol–water partition coefficient (Wildman–Crippen LogP) is 3.23. The Labute approximate surface area is 131 Å². The minimum Gasteiger partial charge on any atom is -0.495 e. The van der Waals surface area contributed by atoms with E-state index in [1.54, 1.807) is 7.11 Å². The molecule has 22 heavy (non-hydrogen) atoms. The number of benzene rings is 1. The van der Waals surface area contributed by atoms with Gasteiger partial charge in [-0.3, -0.25) is 5.32 Å². The minimum atomic E-state index is -0.395. The third kappa shape index (κ3) is 3.53. The number of aryl methyl sites for hydroxylation is 1. The summed E-state index contributed by atoms with van der Waals surface area (Å²) in [7, 11) is 1.59. The van der Waals surface area contributed by atoms with Gasteiger partial charge in [-0.2, -0.15) is 0 Å². The monoisotopic (exact) mass is 304 g/mol. The third-order valence-corrected chi connectivity index (χ3v) is 4.54. The highest BCUT2D eigenvalue weighted by Crippen LogP contribution is 2.29. The Morgan fingerprint density at radius 2 is 2.00 bits per heavy atom. The highest BCUT2D eigenvalue weighted by Gasteiger charge is 2.33. The number of ether oxygens (including phenoxy) is 2. The van der Waals surface area contributed by atoms with Crippen molar-refractivity contribution >= 4 is 11.8 Å². The second-order valence-electron chi connectivity index (χ2n) is 6.32. The maximum absolute atomic E-state index is 12.2. The molecule has 5 heteroatoms. The summed E-state index contributed by atoms with van der Waals surface area (Å²) in [6.07, 6.45) is 5.08. The van der Waals surface area contributed by atoms with Crippen molar-refractivity contribution in [3.63, 3.8) is 0 Å². The Morgan fingerprint density at radius 1 is 1.27 bits per heavy atom. The van der Waals surface area contributed by atoms with Crippen LogP contribution in [-0.2, 0) is 4.74 Å². The van der Waals surface area contributed by atoms with Crippen LogP contribution >= 0.6 is 0 Å². The number of hydrogen-bond acceptors (Lipinski definition) is 4. The predicted molar refractivity (Wildman–Crippen MR) is 85.4 cm³/mol. The van der Waals surface area contributed by atoms with Crippen molar-refractivity contribution in [2.45, 2.75) is 57.2 Å². The van der Waals surface area contributed by atoms with E-state index in [0.29, 0.717) is 23.5 Å². The molecule has 0 aromatic heterocycles. The van der Waals surface area contributed by atoms with Crippen LogP contribution in [0.3, 0.4) is 0 Å². The Morgan fingerprint density at radius 3 is 2.68 bits per heavy atom. The summed E-state index contributed by atoms with van der Waals surface area (Å²) < 4.78 is 10.9. The molecule has 2 bridgehead atoms. The maximum Gasteiger partial charge on any atom is 0.412 e. The first kappa shape index (κ1) is 15.2. The normalized spacial score (nSPS) is 27.1. The quantitative estimate of drug-likeness (QED) is 0.900. The van der Waals surface area contributed by atoms with Crippen molar-refractivity contribution in [2.75, 3.05) is 12.4 Å². The highest BCUT2D eigenvalue weighted by atomic mass is 16.6. The van der Waals surface area contributed by atoms with E-state index in [-0.39, 0.29) is 6.10 Å². The molecule has 2 aliphatic heterocycles. The van der Waals surface area contributed by atoms with E-state index in [9.17, 15) is 4.79 Å². The van der Waals surface area contributed by atoms with Crippen LogP contribution < -0.4 is 15.4 Å². The Bertz CT molecular complexity index is 535. The molecule has 120 valence electrons. The standard InChI is InChI=1S/C17H24N2O3/c1-11-6-7-16(21-2)15(8-11)19-17(20)22-14-9-12-4-3-5-13(10-14)18-12/h6-8,12-14,18H,3-5,9-10H2,1-2H3,(H,19,20)/t12-,13+,14?. The van der Waals surface area contributed by atoms with Crippen molar-refractivity contribution in [3.05, 3.63) is 23.8 Å². The van der Waals surface area contributed by atoms with Crippen LogP contribution in [-0.4, -0.2) is 31.4 Å². The number of piperidine rings is 2. The van der Waals surface area contributed by atoms with Gasteiger partial charge in [-0.1, -0.05) is 12.5 Å². The van der Waals surface area contributed by atoms with E-state index in [0.717, 1.165) is 18.4 Å². The van der Waals surface area contributed by atoms with Crippen molar-refractivity contribution in [1.29, 1.82) is 0 Å². The van der Waals surface area contributed by atoms with Crippen LogP contribution in [0.2, 0.25) is 0 Å². The Hall–Kier alpha value is -1.75. The molecule has 2 fully saturated rings. The number of anilines is 1. The summed E-state index contributed by atoms with van der Waals surface area (Å²) in [5.41, 5.74) is 1.72. The first-order valence-electron chi connectivity index (χ1n) is 8.02. The number of carbonyl (C=O) groups is 1. The van der Waals surface area contributed by atoms with Crippen LogP contribution in [0, 0.1) is 6.92 Å². The molecule has 1 unspecified atom stereocenters. The number of amides is 1. The number of carbonyl (C=O) groups excluding carboxylic acids is 1. The Kier molecular flexibility index (Phi) is 4.52. The molecule has 1 aromatic carbocycles. The first-order valence-corrected chi connectivity index (χ1v) is 8.02. The minimum absolute atomic E-state index is 0.00681. The fourth-order valence-electron chi connectivity index (χ4n) is 3.52. The molecule has 3 atom stereocenters. The van der Waals surface area contributed by atoms with Crippen molar-refractivity contribution in [1.82, 2.24) is 5.32 Å². The van der Waals surface area contributed by atoms with Gasteiger partial charge in [0.2, 0.25) is 0 Å². The molecular weight excluding hydrogens is 280 g/mol. The smallest absolute Gasteiger partial charge is 0.412 e. The van der Waals surface area contributed by atoms with E-state index >= 15 is 0 Å². The number of fused-ring (bicyclic) bond motifs is 2. The van der Waals surface area contributed by atoms with E-state index in [1.165, 1.54) is 19.3 Å². The molecule has 5 nitrogen and oxygen atoms in total. The summed E-state index contributed by atoms with van der Waals surface area (Å²) in [6, 6.07) is 6.68. The SMILES string of the molecule is COc1ccc(C)cc1NC(=O)OC1C[C@H]2CCC[C@@H](C1)N2. The van der Waals surface area contributed by atoms with Crippen molar-refractivity contribution in [3.8, 4) is 5.75 Å². The highest BCUT2D eigenvalue weighted by molar-refractivity contribution is 5.87. The van der Waals surface area contributed by atoms with E-state index < -0.39 is 6.09 Å². The van der Waals surface area contributed by atoms with Crippen LogP contribution in [0.1, 0.15) is 37.7 Å². The second kappa shape index (κ2) is 6.57. The summed E-state index contributed by atoms with van der Waals surface area (Å²) in [6.45, 7) is 1.98. The lowest BCUT2D eigenvalue weighted by Crippen LogP contribution is -2.51. The van der Waals surface area contributed by atoms with Crippen LogP contribution in [0.25, 0.3) is 0 Å². The summed E-state index contributed by atoms with van der Waals surface area (Å²) in [5, 5.41) is 6.41. The number of rotatable bonds is 3. The molecule has 0 aliphatic carbocycles. The van der Waals surface area contributed by atoms with Gasteiger partial charge in [0, 0.05) is 12.1 Å². The lowest BCUT2D eigenvalue weighted by atomic mass is 9.85. The van der Waals surface area contributed by atoms with Crippen LogP contribution in [0.5, 0.6) is 5.75 Å². The molecular formula is C17H24N2O3. The van der Waals surface area contributed by atoms with Crippen molar-refractivity contribution in [2.24, 2.45) is 0 Å². The Balaban J connectivity index is 1.59. The van der Waals surface area contributed by atoms with Gasteiger partial charge in [0.25, 0.3) is 0 Å². The zero-order valence-electron chi connectivity index (χ0n) is 13.2. The fraction of sp³-hybridized carbons (Fsp3) is 0.588. The van der Waals surface area contributed by atoms with Crippen LogP contribution in [0.15, 0.2) is 18.2 Å². The molecule has 2 heterocycles. The van der Waals surface area contributed by atoms with E-state index in [4.69, 9.17) is 9.47 Å². The fourth-order valence-corrected chi connectivity index (χ4v) is 3.52.